The lowest BCUT2D eigenvalue weighted by molar-refractivity contribution is -0.148. The van der Waals surface area contributed by atoms with Crippen LogP contribution in [0, 0.1) is 11.8 Å². The molecule has 6 heteroatoms. The molecule has 0 saturated carbocycles. The third-order valence-electron chi connectivity index (χ3n) is 4.40. The maximum atomic E-state index is 12.9. The Labute approximate surface area is 148 Å². The fourth-order valence-electron chi connectivity index (χ4n) is 3.24. The molecular weight excluding hydrogens is 320 g/mol. The summed E-state index contributed by atoms with van der Waals surface area (Å²) in [7, 11) is 0. The fourth-order valence-corrected chi connectivity index (χ4v) is 3.24. The van der Waals surface area contributed by atoms with Crippen molar-refractivity contribution in [2.45, 2.75) is 52.7 Å². The van der Waals surface area contributed by atoms with E-state index >= 15 is 0 Å². The first kappa shape index (κ1) is 19.0. The Bertz CT molecular complexity index is 642. The molecule has 0 aromatic heterocycles. The van der Waals surface area contributed by atoms with Crippen LogP contribution in [0.15, 0.2) is 30.3 Å². The molecule has 2 unspecified atom stereocenters. The number of imide groups is 1. The summed E-state index contributed by atoms with van der Waals surface area (Å²) in [5.74, 6) is -1.71. The van der Waals surface area contributed by atoms with Crippen molar-refractivity contribution in [2.24, 2.45) is 11.8 Å². The van der Waals surface area contributed by atoms with Crippen molar-refractivity contribution in [3.05, 3.63) is 35.9 Å². The number of carboxylic acids is 1. The van der Waals surface area contributed by atoms with Gasteiger partial charge in [0.1, 0.15) is 12.1 Å². The van der Waals surface area contributed by atoms with Crippen LogP contribution in [0.1, 0.15) is 39.7 Å². The zero-order valence-corrected chi connectivity index (χ0v) is 15.2. The van der Waals surface area contributed by atoms with E-state index in [4.69, 9.17) is 0 Å². The lowest BCUT2D eigenvalue weighted by Gasteiger charge is -2.25. The largest absolute Gasteiger partial charge is 0.480 e. The first-order valence-electron chi connectivity index (χ1n) is 8.64. The van der Waals surface area contributed by atoms with Crippen LogP contribution in [-0.4, -0.2) is 44.9 Å². The number of carbonyl (C=O) groups excluding carboxylic acids is 2. The monoisotopic (exact) mass is 346 g/mol. The highest BCUT2D eigenvalue weighted by molar-refractivity contribution is 6.06. The minimum absolute atomic E-state index is 0.210. The number of aliphatic carboxylic acids is 1. The summed E-state index contributed by atoms with van der Waals surface area (Å²) in [4.78, 5) is 39.9. The Morgan fingerprint density at radius 2 is 1.72 bits per heavy atom. The third-order valence-corrected chi connectivity index (χ3v) is 4.40. The number of benzene rings is 1. The number of carbonyl (C=O) groups is 3. The maximum Gasteiger partial charge on any atom is 0.328 e. The topological polar surface area (TPSA) is 77.9 Å². The van der Waals surface area contributed by atoms with Crippen molar-refractivity contribution in [3.8, 4) is 0 Å². The number of carboxylic acid groups (broad SMARTS) is 1. The number of hydrogen-bond acceptors (Lipinski definition) is 3. The SMILES string of the molecule is CC(C)CC1C(=O)N(C(C(=O)O)C(C)C)C(=O)N1Cc1ccccc1. The van der Waals surface area contributed by atoms with Gasteiger partial charge in [0.05, 0.1) is 0 Å². The quantitative estimate of drug-likeness (QED) is 0.770. The molecule has 0 radical (unpaired) electrons. The summed E-state index contributed by atoms with van der Waals surface area (Å²) in [6.07, 6.45) is 0.512. The van der Waals surface area contributed by atoms with Gasteiger partial charge in [0.25, 0.3) is 5.91 Å². The molecule has 0 spiro atoms. The van der Waals surface area contributed by atoms with Gasteiger partial charge in [0, 0.05) is 6.54 Å². The third kappa shape index (κ3) is 4.00. The van der Waals surface area contributed by atoms with Gasteiger partial charge in [-0.05, 0) is 23.8 Å². The molecule has 1 aromatic carbocycles. The molecule has 1 aliphatic rings. The number of hydrogen-bond donors (Lipinski definition) is 1. The van der Waals surface area contributed by atoms with Crippen LogP contribution in [0.4, 0.5) is 4.79 Å². The molecule has 25 heavy (non-hydrogen) atoms. The zero-order chi connectivity index (χ0) is 18.7. The second-order valence-electron chi connectivity index (χ2n) is 7.28. The average molecular weight is 346 g/mol. The number of rotatable bonds is 7. The normalized spacial score (nSPS) is 19.2. The van der Waals surface area contributed by atoms with Crippen molar-refractivity contribution in [2.75, 3.05) is 0 Å². The van der Waals surface area contributed by atoms with E-state index in [9.17, 15) is 19.5 Å². The molecule has 1 fully saturated rings. The first-order chi connectivity index (χ1) is 11.7. The number of amides is 3. The Morgan fingerprint density at radius 3 is 2.20 bits per heavy atom. The van der Waals surface area contributed by atoms with Crippen LogP contribution in [-0.2, 0) is 16.1 Å². The number of urea groups is 1. The Morgan fingerprint density at radius 1 is 1.12 bits per heavy atom. The van der Waals surface area contributed by atoms with Crippen LogP contribution >= 0.6 is 0 Å². The highest BCUT2D eigenvalue weighted by Crippen LogP contribution is 2.29. The molecule has 1 heterocycles. The average Bonchev–Trinajstić information content (AvgIpc) is 2.73. The van der Waals surface area contributed by atoms with E-state index in [1.165, 1.54) is 4.90 Å². The van der Waals surface area contributed by atoms with Gasteiger partial charge in [0.2, 0.25) is 0 Å². The summed E-state index contributed by atoms with van der Waals surface area (Å²) < 4.78 is 0. The van der Waals surface area contributed by atoms with Crippen molar-refractivity contribution in [3.63, 3.8) is 0 Å². The molecule has 1 aromatic rings. The van der Waals surface area contributed by atoms with E-state index in [0.717, 1.165) is 10.5 Å². The summed E-state index contributed by atoms with van der Waals surface area (Å²) in [5, 5.41) is 9.52. The molecule has 0 aliphatic carbocycles. The van der Waals surface area contributed by atoms with Crippen molar-refractivity contribution >= 4 is 17.9 Å². The Hall–Kier alpha value is -2.37. The van der Waals surface area contributed by atoms with E-state index < -0.39 is 30.0 Å². The van der Waals surface area contributed by atoms with Gasteiger partial charge in [-0.1, -0.05) is 58.0 Å². The van der Waals surface area contributed by atoms with Crippen molar-refractivity contribution in [1.82, 2.24) is 9.80 Å². The molecule has 136 valence electrons. The predicted octanol–water partition coefficient (Wildman–Crippen LogP) is 2.97. The molecule has 1 N–H and O–H groups in total. The van der Waals surface area contributed by atoms with Gasteiger partial charge in [-0.2, -0.15) is 0 Å². The predicted molar refractivity (Wildman–Crippen MR) is 93.7 cm³/mol. The Kier molecular flexibility index (Phi) is 5.82. The molecule has 6 nitrogen and oxygen atoms in total. The molecule has 0 bridgehead atoms. The maximum absolute atomic E-state index is 12.9. The van der Waals surface area contributed by atoms with Gasteiger partial charge < -0.3 is 10.0 Å². The second-order valence-corrected chi connectivity index (χ2v) is 7.28. The standard InChI is InChI=1S/C19H26N2O4/c1-12(2)10-15-17(22)21(16(13(3)4)18(23)24)19(25)20(15)11-14-8-6-5-7-9-14/h5-9,12-13,15-16H,10-11H2,1-4H3,(H,23,24). The molecule has 2 rings (SSSR count). The smallest absolute Gasteiger partial charge is 0.328 e. The van der Waals surface area contributed by atoms with Crippen LogP contribution in [0.3, 0.4) is 0 Å². The minimum Gasteiger partial charge on any atom is -0.480 e. The molecule has 1 saturated heterocycles. The number of nitrogens with zero attached hydrogens (tertiary/aromatic N) is 2. The highest BCUT2D eigenvalue weighted by atomic mass is 16.4. The summed E-state index contributed by atoms with van der Waals surface area (Å²) in [5.41, 5.74) is 0.913. The van der Waals surface area contributed by atoms with Gasteiger partial charge in [-0.3, -0.25) is 4.79 Å². The zero-order valence-electron chi connectivity index (χ0n) is 15.2. The Balaban J connectivity index is 2.37. The lowest BCUT2D eigenvalue weighted by Crippen LogP contribution is -2.48. The first-order valence-corrected chi connectivity index (χ1v) is 8.64. The lowest BCUT2D eigenvalue weighted by atomic mass is 10.00. The van der Waals surface area contributed by atoms with E-state index in [2.05, 4.69) is 0 Å². The highest BCUT2D eigenvalue weighted by Gasteiger charge is 2.50. The van der Waals surface area contributed by atoms with E-state index in [1.54, 1.807) is 13.8 Å². The summed E-state index contributed by atoms with van der Waals surface area (Å²) in [6.45, 7) is 7.67. The van der Waals surface area contributed by atoms with Crippen LogP contribution < -0.4 is 0 Å². The molecular formula is C19H26N2O4. The molecule has 2 atom stereocenters. The molecule has 1 aliphatic heterocycles. The van der Waals surface area contributed by atoms with Crippen LogP contribution in [0.25, 0.3) is 0 Å². The fraction of sp³-hybridized carbons (Fsp3) is 0.526. The van der Waals surface area contributed by atoms with Gasteiger partial charge in [0.15, 0.2) is 0 Å². The van der Waals surface area contributed by atoms with Crippen LogP contribution in [0.2, 0.25) is 0 Å². The minimum atomic E-state index is -1.15. The van der Waals surface area contributed by atoms with Crippen molar-refractivity contribution in [1.29, 1.82) is 0 Å². The van der Waals surface area contributed by atoms with E-state index in [1.807, 2.05) is 44.2 Å². The van der Waals surface area contributed by atoms with Crippen molar-refractivity contribution < 1.29 is 19.5 Å². The summed E-state index contributed by atoms with van der Waals surface area (Å²) >= 11 is 0. The second kappa shape index (κ2) is 7.68. The molecule has 3 amide bonds. The van der Waals surface area contributed by atoms with Gasteiger partial charge in [-0.15, -0.1) is 0 Å². The van der Waals surface area contributed by atoms with Crippen LogP contribution in [0.5, 0.6) is 0 Å². The van der Waals surface area contributed by atoms with Gasteiger partial charge in [-0.25, -0.2) is 14.5 Å². The van der Waals surface area contributed by atoms with Gasteiger partial charge >= 0.3 is 12.0 Å². The summed E-state index contributed by atoms with van der Waals surface area (Å²) in [6, 6.07) is 7.15. The van der Waals surface area contributed by atoms with E-state index in [-0.39, 0.29) is 11.8 Å². The van der Waals surface area contributed by atoms with E-state index in [0.29, 0.717) is 13.0 Å².